The first-order chi connectivity index (χ1) is 10.1. The molecular formula is C14H28N6O. The van der Waals surface area contributed by atoms with E-state index in [-0.39, 0.29) is 0 Å². The Labute approximate surface area is 127 Å². The molecule has 0 unspecified atom stereocenters. The maximum Gasteiger partial charge on any atom is 0.322 e. The molecular weight excluding hydrogens is 268 g/mol. The van der Waals surface area contributed by atoms with Gasteiger partial charge in [-0.15, -0.1) is 0 Å². The van der Waals surface area contributed by atoms with E-state index in [2.05, 4.69) is 58.0 Å². The number of hydrogen-bond donors (Lipinski definition) is 1. The normalized spacial score (nSPS) is 10.8. The Morgan fingerprint density at radius 3 is 2.33 bits per heavy atom. The Morgan fingerprint density at radius 1 is 1.00 bits per heavy atom. The van der Waals surface area contributed by atoms with Crippen molar-refractivity contribution in [1.82, 2.24) is 19.9 Å². The number of nitrogens with one attached hydrogen (secondary N) is 1. The first-order valence-electron chi connectivity index (χ1n) is 7.54. The number of aromatic nitrogens is 3. The molecule has 7 heteroatoms. The minimum atomic E-state index is 0.351. The molecule has 120 valence electrons. The number of rotatable bonds is 10. The van der Waals surface area contributed by atoms with Crippen molar-refractivity contribution in [2.24, 2.45) is 0 Å². The summed E-state index contributed by atoms with van der Waals surface area (Å²) in [4.78, 5) is 17.4. The summed E-state index contributed by atoms with van der Waals surface area (Å²) in [6, 6.07) is 0.351. The third kappa shape index (κ3) is 6.12. The number of likely N-dealkylation sites (N-methyl/N-ethyl adjacent to an activating group) is 1. The van der Waals surface area contributed by atoms with Gasteiger partial charge >= 0.3 is 6.01 Å². The minimum absolute atomic E-state index is 0.351. The highest BCUT2D eigenvalue weighted by molar-refractivity contribution is 5.38. The van der Waals surface area contributed by atoms with E-state index in [1.165, 1.54) is 0 Å². The largest absolute Gasteiger partial charge is 0.467 e. The van der Waals surface area contributed by atoms with Crippen LogP contribution in [0.5, 0.6) is 6.01 Å². The number of anilines is 2. The summed E-state index contributed by atoms with van der Waals surface area (Å²) in [5.41, 5.74) is 0. The molecule has 1 heterocycles. The van der Waals surface area contributed by atoms with Gasteiger partial charge in [0.2, 0.25) is 11.9 Å². The second-order valence-corrected chi connectivity index (χ2v) is 5.16. The van der Waals surface area contributed by atoms with E-state index in [1.807, 2.05) is 0 Å². The highest BCUT2D eigenvalue weighted by Crippen LogP contribution is 2.15. The van der Waals surface area contributed by atoms with Crippen LogP contribution in [0.25, 0.3) is 0 Å². The SMILES string of the molecule is CCCNc1nc(OC)nc(N(CCC)CCN(C)C)n1. The predicted octanol–water partition coefficient (Wildman–Crippen LogP) is 1.48. The molecule has 0 fully saturated rings. The molecule has 0 saturated heterocycles. The van der Waals surface area contributed by atoms with Gasteiger partial charge in [0, 0.05) is 26.2 Å². The van der Waals surface area contributed by atoms with Crippen LogP contribution in [-0.2, 0) is 0 Å². The number of hydrogen-bond acceptors (Lipinski definition) is 7. The van der Waals surface area contributed by atoms with Crippen molar-refractivity contribution in [2.45, 2.75) is 26.7 Å². The fraction of sp³-hybridized carbons (Fsp3) is 0.786. The monoisotopic (exact) mass is 296 g/mol. The summed E-state index contributed by atoms with van der Waals surface area (Å²) in [5, 5.41) is 3.19. The van der Waals surface area contributed by atoms with E-state index in [1.54, 1.807) is 7.11 Å². The molecule has 0 aliphatic rings. The number of nitrogens with zero attached hydrogens (tertiary/aromatic N) is 5. The molecule has 0 aliphatic heterocycles. The van der Waals surface area contributed by atoms with Gasteiger partial charge in [-0.25, -0.2) is 0 Å². The van der Waals surface area contributed by atoms with Crippen LogP contribution in [0.15, 0.2) is 0 Å². The molecule has 1 aromatic heterocycles. The van der Waals surface area contributed by atoms with Gasteiger partial charge in [-0.2, -0.15) is 15.0 Å². The lowest BCUT2D eigenvalue weighted by atomic mass is 10.4. The number of ether oxygens (including phenoxy) is 1. The van der Waals surface area contributed by atoms with E-state index in [0.29, 0.717) is 17.9 Å². The van der Waals surface area contributed by atoms with Crippen molar-refractivity contribution < 1.29 is 4.74 Å². The molecule has 0 radical (unpaired) electrons. The van der Waals surface area contributed by atoms with Gasteiger partial charge in [0.25, 0.3) is 0 Å². The van der Waals surface area contributed by atoms with Crippen molar-refractivity contribution in [1.29, 1.82) is 0 Å². The van der Waals surface area contributed by atoms with Crippen LogP contribution < -0.4 is 15.0 Å². The minimum Gasteiger partial charge on any atom is -0.467 e. The molecule has 0 spiro atoms. The fourth-order valence-corrected chi connectivity index (χ4v) is 1.80. The lowest BCUT2D eigenvalue weighted by molar-refractivity contribution is 0.377. The summed E-state index contributed by atoms with van der Waals surface area (Å²) in [6.07, 6.45) is 2.06. The van der Waals surface area contributed by atoms with E-state index < -0.39 is 0 Å². The van der Waals surface area contributed by atoms with Crippen LogP contribution >= 0.6 is 0 Å². The van der Waals surface area contributed by atoms with Crippen LogP contribution in [0.1, 0.15) is 26.7 Å². The van der Waals surface area contributed by atoms with Crippen LogP contribution in [0, 0.1) is 0 Å². The fourth-order valence-electron chi connectivity index (χ4n) is 1.80. The Hall–Kier alpha value is -1.63. The second-order valence-electron chi connectivity index (χ2n) is 5.16. The standard InChI is InChI=1S/C14H28N6O/c1-6-8-15-12-16-13(18-14(17-12)21-5)20(9-7-2)11-10-19(3)4/h6-11H2,1-5H3,(H,15,16,17,18). The van der Waals surface area contributed by atoms with Crippen molar-refractivity contribution in [3.05, 3.63) is 0 Å². The predicted molar refractivity (Wildman–Crippen MR) is 86.2 cm³/mol. The highest BCUT2D eigenvalue weighted by atomic mass is 16.5. The molecule has 21 heavy (non-hydrogen) atoms. The third-order valence-corrected chi connectivity index (χ3v) is 2.91. The molecule has 7 nitrogen and oxygen atoms in total. The summed E-state index contributed by atoms with van der Waals surface area (Å²) in [7, 11) is 5.70. The number of methoxy groups -OCH3 is 1. The molecule has 1 rings (SSSR count). The lowest BCUT2D eigenvalue weighted by Crippen LogP contribution is -2.33. The molecule has 1 N–H and O–H groups in total. The maximum atomic E-state index is 5.19. The van der Waals surface area contributed by atoms with Crippen LogP contribution in [0.2, 0.25) is 0 Å². The maximum absolute atomic E-state index is 5.19. The zero-order chi connectivity index (χ0) is 15.7. The van der Waals surface area contributed by atoms with Crippen molar-refractivity contribution in [2.75, 3.05) is 57.6 Å². The third-order valence-electron chi connectivity index (χ3n) is 2.91. The summed E-state index contributed by atoms with van der Waals surface area (Å²) in [6.45, 7) is 7.82. The van der Waals surface area contributed by atoms with Gasteiger partial charge in [0.1, 0.15) is 0 Å². The van der Waals surface area contributed by atoms with Gasteiger partial charge < -0.3 is 19.9 Å². The Bertz CT molecular complexity index is 412. The van der Waals surface area contributed by atoms with Gasteiger partial charge in [-0.3, -0.25) is 0 Å². The Morgan fingerprint density at radius 2 is 1.76 bits per heavy atom. The summed E-state index contributed by atoms with van der Waals surface area (Å²) < 4.78 is 5.19. The van der Waals surface area contributed by atoms with Crippen LogP contribution in [0.4, 0.5) is 11.9 Å². The second kappa shape index (κ2) is 9.33. The van der Waals surface area contributed by atoms with Gasteiger partial charge in [0.15, 0.2) is 0 Å². The van der Waals surface area contributed by atoms with Crippen LogP contribution in [-0.4, -0.2) is 67.2 Å². The van der Waals surface area contributed by atoms with Crippen molar-refractivity contribution >= 4 is 11.9 Å². The highest BCUT2D eigenvalue weighted by Gasteiger charge is 2.13. The smallest absolute Gasteiger partial charge is 0.322 e. The van der Waals surface area contributed by atoms with Gasteiger partial charge in [-0.1, -0.05) is 13.8 Å². The van der Waals surface area contributed by atoms with Crippen molar-refractivity contribution in [3.63, 3.8) is 0 Å². The first kappa shape index (κ1) is 17.4. The topological polar surface area (TPSA) is 66.4 Å². The molecule has 1 aromatic rings. The summed E-state index contributed by atoms with van der Waals surface area (Å²) in [5.74, 6) is 1.24. The average Bonchev–Trinajstić information content (AvgIpc) is 2.48. The quantitative estimate of drug-likeness (QED) is 0.701. The van der Waals surface area contributed by atoms with E-state index in [4.69, 9.17) is 4.74 Å². The summed E-state index contributed by atoms with van der Waals surface area (Å²) >= 11 is 0. The molecule has 0 bridgehead atoms. The zero-order valence-corrected chi connectivity index (χ0v) is 13.9. The zero-order valence-electron chi connectivity index (χ0n) is 13.9. The average molecular weight is 296 g/mol. The van der Waals surface area contributed by atoms with Gasteiger partial charge in [-0.05, 0) is 26.9 Å². The molecule has 0 saturated carbocycles. The molecule has 0 atom stereocenters. The Balaban J connectivity index is 2.93. The van der Waals surface area contributed by atoms with E-state index in [9.17, 15) is 0 Å². The van der Waals surface area contributed by atoms with E-state index >= 15 is 0 Å². The van der Waals surface area contributed by atoms with E-state index in [0.717, 1.165) is 39.0 Å². The Kier molecular flexibility index (Phi) is 7.74. The van der Waals surface area contributed by atoms with Gasteiger partial charge in [0.05, 0.1) is 7.11 Å². The lowest BCUT2D eigenvalue weighted by Gasteiger charge is -2.24. The van der Waals surface area contributed by atoms with Crippen molar-refractivity contribution in [3.8, 4) is 6.01 Å². The molecule has 0 amide bonds. The molecule has 0 aliphatic carbocycles. The van der Waals surface area contributed by atoms with Crippen LogP contribution in [0.3, 0.4) is 0 Å². The molecule has 0 aromatic carbocycles. The first-order valence-corrected chi connectivity index (χ1v) is 7.54.